The second-order valence-corrected chi connectivity index (χ2v) is 2.99. The molecule has 0 saturated carbocycles. The molecule has 0 aromatic carbocycles. The molecule has 0 aromatic heterocycles. The smallest absolute Gasteiger partial charge is 0.345 e. The van der Waals surface area contributed by atoms with Crippen molar-refractivity contribution in [1.82, 2.24) is 0 Å². The van der Waals surface area contributed by atoms with Crippen LogP contribution in [0.4, 0.5) is 0 Å². The maximum Gasteiger partial charge on any atom is 0.345 e. The first-order valence-corrected chi connectivity index (χ1v) is 3.90. The van der Waals surface area contributed by atoms with Crippen LogP contribution in [0.25, 0.3) is 0 Å². The zero-order chi connectivity index (χ0) is 7.56. The molecule has 0 aliphatic carbocycles. The fourth-order valence-electron chi connectivity index (χ4n) is 0.718. The summed E-state index contributed by atoms with van der Waals surface area (Å²) in [6.45, 7) is 2.29. The summed E-state index contributed by atoms with van der Waals surface area (Å²) < 4.78 is 5.03. The summed E-state index contributed by atoms with van der Waals surface area (Å²) in [5, 5.41) is 8.55. The molecule has 1 heterocycles. The number of aliphatic carboxylic acids is 1. The highest BCUT2D eigenvalue weighted by Gasteiger charge is 2.16. The van der Waals surface area contributed by atoms with Gasteiger partial charge < -0.3 is 9.84 Å². The lowest BCUT2D eigenvalue weighted by molar-refractivity contribution is -0.132. The molecule has 0 atom stereocenters. The van der Waals surface area contributed by atoms with E-state index in [0.717, 1.165) is 5.75 Å². The molecule has 0 fully saturated rings. The molecule has 3 nitrogen and oxygen atoms in total. The monoisotopic (exact) mass is 160 g/mol. The standard InChI is InChI=1S/C6H8O3S/c1-4-5(6(7)8)10-3-2-9-4/h2-3H2,1H3,(H,7,8). The molecule has 0 saturated heterocycles. The zero-order valence-electron chi connectivity index (χ0n) is 5.59. The number of hydrogen-bond acceptors (Lipinski definition) is 3. The van der Waals surface area contributed by atoms with Crippen LogP contribution in [0.2, 0.25) is 0 Å². The number of carboxylic acids is 1. The van der Waals surface area contributed by atoms with E-state index in [9.17, 15) is 4.79 Å². The van der Waals surface area contributed by atoms with Crippen molar-refractivity contribution in [3.05, 3.63) is 10.7 Å². The lowest BCUT2D eigenvalue weighted by atomic mass is 10.5. The first kappa shape index (κ1) is 7.47. The van der Waals surface area contributed by atoms with Crippen LogP contribution in [0, 0.1) is 0 Å². The van der Waals surface area contributed by atoms with Crippen LogP contribution in [-0.2, 0) is 9.53 Å². The van der Waals surface area contributed by atoms with E-state index in [-0.39, 0.29) is 0 Å². The lowest BCUT2D eigenvalue weighted by Gasteiger charge is -2.14. The van der Waals surface area contributed by atoms with Gasteiger partial charge in [0.15, 0.2) is 0 Å². The van der Waals surface area contributed by atoms with Gasteiger partial charge >= 0.3 is 5.97 Å². The first-order valence-electron chi connectivity index (χ1n) is 2.91. The molecule has 1 aliphatic heterocycles. The molecular formula is C6H8O3S. The Labute approximate surface area is 63.1 Å². The van der Waals surface area contributed by atoms with Crippen molar-refractivity contribution in [2.24, 2.45) is 0 Å². The van der Waals surface area contributed by atoms with Crippen LogP contribution in [-0.4, -0.2) is 23.4 Å². The molecule has 0 spiro atoms. The molecule has 1 N–H and O–H groups in total. The number of allylic oxidation sites excluding steroid dienone is 1. The summed E-state index contributed by atoms with van der Waals surface area (Å²) in [6, 6.07) is 0. The van der Waals surface area contributed by atoms with Gasteiger partial charge in [0.1, 0.15) is 10.7 Å². The van der Waals surface area contributed by atoms with Crippen LogP contribution in [0.1, 0.15) is 6.92 Å². The maximum absolute atomic E-state index is 10.4. The fourth-order valence-corrected chi connectivity index (χ4v) is 1.47. The molecule has 10 heavy (non-hydrogen) atoms. The van der Waals surface area contributed by atoms with E-state index in [1.165, 1.54) is 11.8 Å². The van der Waals surface area contributed by atoms with E-state index >= 15 is 0 Å². The number of carbonyl (C=O) groups is 1. The van der Waals surface area contributed by atoms with E-state index in [2.05, 4.69) is 0 Å². The van der Waals surface area contributed by atoms with Crippen molar-refractivity contribution in [3.8, 4) is 0 Å². The Balaban J connectivity index is 2.78. The van der Waals surface area contributed by atoms with Crippen LogP contribution >= 0.6 is 11.8 Å². The van der Waals surface area contributed by atoms with Gasteiger partial charge in [-0.3, -0.25) is 0 Å². The third-order valence-corrected chi connectivity index (χ3v) is 2.28. The van der Waals surface area contributed by atoms with Crippen molar-refractivity contribution in [1.29, 1.82) is 0 Å². The van der Waals surface area contributed by atoms with Crippen LogP contribution in [0.15, 0.2) is 10.7 Å². The highest BCUT2D eigenvalue weighted by atomic mass is 32.2. The molecule has 0 bridgehead atoms. The van der Waals surface area contributed by atoms with Crippen molar-refractivity contribution < 1.29 is 14.6 Å². The van der Waals surface area contributed by atoms with E-state index in [0.29, 0.717) is 17.3 Å². The largest absolute Gasteiger partial charge is 0.496 e. The topological polar surface area (TPSA) is 46.5 Å². The van der Waals surface area contributed by atoms with E-state index < -0.39 is 5.97 Å². The molecule has 0 radical (unpaired) electrons. The summed E-state index contributed by atoms with van der Waals surface area (Å²) in [6.07, 6.45) is 0. The summed E-state index contributed by atoms with van der Waals surface area (Å²) in [5.41, 5.74) is 0. The second kappa shape index (κ2) is 2.96. The molecule has 4 heteroatoms. The van der Waals surface area contributed by atoms with E-state index in [1.54, 1.807) is 6.92 Å². The first-order chi connectivity index (χ1) is 4.72. The Bertz CT molecular complexity index is 185. The van der Waals surface area contributed by atoms with Gasteiger partial charge in [-0.05, 0) is 6.92 Å². The Morgan fingerprint density at radius 1 is 1.80 bits per heavy atom. The molecule has 0 amide bonds. The normalized spacial score (nSPS) is 18.5. The predicted octanol–water partition coefficient (Wildman–Crippen LogP) is 1.07. The van der Waals surface area contributed by atoms with Crippen LogP contribution in [0.5, 0.6) is 0 Å². The summed E-state index contributed by atoms with van der Waals surface area (Å²) in [7, 11) is 0. The van der Waals surface area contributed by atoms with Gasteiger partial charge in [-0.2, -0.15) is 0 Å². The number of rotatable bonds is 1. The van der Waals surface area contributed by atoms with Gasteiger partial charge in [0.05, 0.1) is 6.61 Å². The minimum Gasteiger partial charge on any atom is -0.496 e. The zero-order valence-corrected chi connectivity index (χ0v) is 6.40. The fraction of sp³-hybridized carbons (Fsp3) is 0.500. The second-order valence-electron chi connectivity index (χ2n) is 1.89. The van der Waals surface area contributed by atoms with Crippen molar-refractivity contribution in [2.45, 2.75) is 6.92 Å². The molecule has 0 unspecified atom stereocenters. The quantitative estimate of drug-likeness (QED) is 0.623. The molecular weight excluding hydrogens is 152 g/mol. The van der Waals surface area contributed by atoms with Crippen molar-refractivity contribution in [3.63, 3.8) is 0 Å². The average Bonchev–Trinajstić information content (AvgIpc) is 1.88. The SMILES string of the molecule is CC1=C(C(=O)O)SCCO1. The highest BCUT2D eigenvalue weighted by molar-refractivity contribution is 8.04. The van der Waals surface area contributed by atoms with E-state index in [1.807, 2.05) is 0 Å². The van der Waals surface area contributed by atoms with Crippen molar-refractivity contribution in [2.75, 3.05) is 12.4 Å². The van der Waals surface area contributed by atoms with Crippen LogP contribution < -0.4 is 0 Å². The summed E-state index contributed by atoms with van der Waals surface area (Å²) in [5.74, 6) is 0.379. The van der Waals surface area contributed by atoms with Gasteiger partial charge in [-0.25, -0.2) is 4.79 Å². The predicted molar refractivity (Wildman–Crippen MR) is 38.7 cm³/mol. The number of thioether (sulfide) groups is 1. The lowest BCUT2D eigenvalue weighted by Crippen LogP contribution is -2.10. The Morgan fingerprint density at radius 3 is 2.90 bits per heavy atom. The summed E-state index contributed by atoms with van der Waals surface area (Å²) in [4.78, 5) is 10.7. The summed E-state index contributed by atoms with van der Waals surface area (Å²) >= 11 is 1.33. The number of hydrogen-bond donors (Lipinski definition) is 1. The van der Waals surface area contributed by atoms with Gasteiger partial charge in [-0.15, -0.1) is 11.8 Å². The van der Waals surface area contributed by atoms with Crippen molar-refractivity contribution >= 4 is 17.7 Å². The average molecular weight is 160 g/mol. The third-order valence-electron chi connectivity index (χ3n) is 1.16. The Hall–Kier alpha value is -0.640. The molecule has 0 aromatic rings. The van der Waals surface area contributed by atoms with Gasteiger partial charge in [-0.1, -0.05) is 0 Å². The molecule has 1 aliphatic rings. The highest BCUT2D eigenvalue weighted by Crippen LogP contribution is 2.24. The Kier molecular flexibility index (Phi) is 2.21. The molecule has 1 rings (SSSR count). The third kappa shape index (κ3) is 1.44. The number of ether oxygens (including phenoxy) is 1. The maximum atomic E-state index is 10.4. The molecule has 56 valence electrons. The minimum atomic E-state index is -0.887. The van der Waals surface area contributed by atoms with Gasteiger partial charge in [0.2, 0.25) is 0 Å². The number of carboxylic acid groups (broad SMARTS) is 1. The van der Waals surface area contributed by atoms with Crippen LogP contribution in [0.3, 0.4) is 0 Å². The van der Waals surface area contributed by atoms with Gasteiger partial charge in [0, 0.05) is 5.75 Å². The Morgan fingerprint density at radius 2 is 2.50 bits per heavy atom. The van der Waals surface area contributed by atoms with Gasteiger partial charge in [0.25, 0.3) is 0 Å². The minimum absolute atomic E-state index is 0.339. The van der Waals surface area contributed by atoms with E-state index in [4.69, 9.17) is 9.84 Å².